The maximum absolute atomic E-state index is 12.8. The van der Waals surface area contributed by atoms with Gasteiger partial charge in [0.2, 0.25) is 0 Å². The number of carbonyl (C=O) groups excluding carboxylic acids is 1. The van der Waals surface area contributed by atoms with Crippen molar-refractivity contribution in [1.29, 1.82) is 0 Å². The molecule has 1 N–H and O–H groups in total. The first kappa shape index (κ1) is 20.3. The summed E-state index contributed by atoms with van der Waals surface area (Å²) in [4.78, 5) is 23.3. The van der Waals surface area contributed by atoms with Crippen LogP contribution in [0.15, 0.2) is 48.5 Å². The summed E-state index contributed by atoms with van der Waals surface area (Å²) in [6.45, 7) is 9.70. The van der Waals surface area contributed by atoms with E-state index in [2.05, 4.69) is 5.32 Å². The lowest BCUT2D eigenvalue weighted by Crippen LogP contribution is -2.40. The van der Waals surface area contributed by atoms with Gasteiger partial charge >= 0.3 is 0 Å². The smallest absolute Gasteiger partial charge is 0.269 e. The number of nitrogens with one attached hydrogen (secondary N) is 1. The molecule has 0 aliphatic heterocycles. The Balaban J connectivity index is 2.07. The monoisotopic (exact) mass is 392 g/mol. The van der Waals surface area contributed by atoms with Crippen LogP contribution in [0, 0.1) is 24.0 Å². The van der Waals surface area contributed by atoms with Gasteiger partial charge in [0, 0.05) is 34.5 Å². The number of nitro benzene ring substituents is 1. The van der Waals surface area contributed by atoms with Crippen LogP contribution in [0.3, 0.4) is 0 Å². The molecule has 0 radical (unpaired) electrons. The van der Waals surface area contributed by atoms with Gasteiger partial charge in [0.1, 0.15) is 0 Å². The number of hydrogen-bond acceptors (Lipinski definition) is 4. The standard InChI is InChI=1S/C22H24N4O3/c1-14-15(2)25(16-10-12-17(13-11-16)26(28)29)24-20(14)18-8-6-7-9-19(18)21(27)23-22(3,4)5/h6-13H,1-5H3,(H,23,27). The summed E-state index contributed by atoms with van der Waals surface area (Å²) in [5.41, 5.74) is 4.25. The third-order valence-electron chi connectivity index (χ3n) is 4.64. The maximum atomic E-state index is 12.8. The van der Waals surface area contributed by atoms with Crippen LogP contribution in [-0.4, -0.2) is 26.1 Å². The van der Waals surface area contributed by atoms with E-state index in [1.54, 1.807) is 22.9 Å². The molecule has 0 saturated carbocycles. The summed E-state index contributed by atoms with van der Waals surface area (Å²) >= 11 is 0. The molecule has 1 amide bonds. The Kier molecular flexibility index (Phi) is 5.24. The van der Waals surface area contributed by atoms with Crippen LogP contribution in [0.5, 0.6) is 0 Å². The number of nitrogens with zero attached hydrogens (tertiary/aromatic N) is 3. The first-order chi connectivity index (χ1) is 13.6. The Labute approximate surface area is 169 Å². The molecule has 2 aromatic carbocycles. The molecule has 1 heterocycles. The Morgan fingerprint density at radius 3 is 2.28 bits per heavy atom. The van der Waals surface area contributed by atoms with Gasteiger partial charge in [0.15, 0.2) is 0 Å². The van der Waals surface area contributed by atoms with Crippen LogP contribution in [0.1, 0.15) is 42.4 Å². The van der Waals surface area contributed by atoms with Crippen LogP contribution in [0.4, 0.5) is 5.69 Å². The van der Waals surface area contributed by atoms with E-state index >= 15 is 0 Å². The van der Waals surface area contributed by atoms with Crippen molar-refractivity contribution in [3.05, 3.63) is 75.5 Å². The van der Waals surface area contributed by atoms with Crippen LogP contribution in [0.2, 0.25) is 0 Å². The predicted octanol–water partition coefficient (Wildman–Crippen LogP) is 4.59. The van der Waals surface area contributed by atoms with Crippen LogP contribution >= 0.6 is 0 Å². The second kappa shape index (κ2) is 7.50. The molecule has 0 unspecified atom stereocenters. The van der Waals surface area contributed by atoms with Crippen molar-refractivity contribution in [2.24, 2.45) is 0 Å². The quantitative estimate of drug-likeness (QED) is 0.519. The Bertz CT molecular complexity index is 1080. The highest BCUT2D eigenvalue weighted by Crippen LogP contribution is 2.29. The van der Waals surface area contributed by atoms with E-state index in [0.29, 0.717) is 11.3 Å². The first-order valence-electron chi connectivity index (χ1n) is 9.31. The van der Waals surface area contributed by atoms with E-state index in [0.717, 1.165) is 22.5 Å². The maximum Gasteiger partial charge on any atom is 0.269 e. The molecule has 0 spiro atoms. The van der Waals surface area contributed by atoms with Gasteiger partial charge in [-0.1, -0.05) is 18.2 Å². The Morgan fingerprint density at radius 2 is 1.69 bits per heavy atom. The van der Waals surface area contributed by atoms with Gasteiger partial charge < -0.3 is 5.32 Å². The van der Waals surface area contributed by atoms with Crippen molar-refractivity contribution in [3.8, 4) is 16.9 Å². The number of aromatic nitrogens is 2. The second-order valence-electron chi connectivity index (χ2n) is 7.99. The lowest BCUT2D eigenvalue weighted by atomic mass is 9.99. The molecule has 0 atom stereocenters. The van der Waals surface area contributed by atoms with E-state index in [1.165, 1.54) is 12.1 Å². The van der Waals surface area contributed by atoms with Crippen molar-refractivity contribution in [1.82, 2.24) is 15.1 Å². The molecule has 0 aliphatic carbocycles. The first-order valence-corrected chi connectivity index (χ1v) is 9.31. The zero-order chi connectivity index (χ0) is 21.3. The largest absolute Gasteiger partial charge is 0.347 e. The van der Waals surface area contributed by atoms with Crippen molar-refractivity contribution < 1.29 is 9.72 Å². The van der Waals surface area contributed by atoms with Crippen LogP contribution in [-0.2, 0) is 0 Å². The van der Waals surface area contributed by atoms with Crippen LogP contribution in [0.25, 0.3) is 16.9 Å². The number of nitro groups is 1. The average molecular weight is 392 g/mol. The number of rotatable bonds is 4. The minimum atomic E-state index is -0.430. The van der Waals surface area contributed by atoms with Crippen LogP contribution < -0.4 is 5.32 Å². The normalized spacial score (nSPS) is 11.3. The van der Waals surface area contributed by atoms with E-state index < -0.39 is 4.92 Å². The summed E-state index contributed by atoms with van der Waals surface area (Å²) in [6.07, 6.45) is 0. The van der Waals surface area contributed by atoms with Crippen molar-refractivity contribution in [2.75, 3.05) is 0 Å². The fourth-order valence-corrected chi connectivity index (χ4v) is 3.10. The zero-order valence-electron chi connectivity index (χ0n) is 17.2. The third-order valence-corrected chi connectivity index (χ3v) is 4.64. The topological polar surface area (TPSA) is 90.1 Å². The summed E-state index contributed by atoms with van der Waals surface area (Å²) in [5.74, 6) is -0.157. The minimum Gasteiger partial charge on any atom is -0.347 e. The molecule has 0 bridgehead atoms. The Hall–Kier alpha value is -3.48. The summed E-state index contributed by atoms with van der Waals surface area (Å²) in [5, 5.41) is 18.6. The van der Waals surface area contributed by atoms with Crippen molar-refractivity contribution >= 4 is 11.6 Å². The lowest BCUT2D eigenvalue weighted by molar-refractivity contribution is -0.384. The minimum absolute atomic E-state index is 0.0275. The van der Waals surface area contributed by atoms with Gasteiger partial charge in [0.05, 0.1) is 16.3 Å². The fourth-order valence-electron chi connectivity index (χ4n) is 3.10. The fraction of sp³-hybridized carbons (Fsp3) is 0.273. The molecule has 3 rings (SSSR count). The number of amides is 1. The number of non-ortho nitro benzene ring substituents is 1. The number of benzene rings is 2. The SMILES string of the molecule is Cc1c(-c2ccccc2C(=O)NC(C)(C)C)nn(-c2ccc([N+](=O)[O-])cc2)c1C. The van der Waals surface area contributed by atoms with E-state index in [1.807, 2.05) is 52.8 Å². The summed E-state index contributed by atoms with van der Waals surface area (Å²) < 4.78 is 1.74. The van der Waals surface area contributed by atoms with Crippen molar-refractivity contribution in [3.63, 3.8) is 0 Å². The molecule has 1 aromatic heterocycles. The summed E-state index contributed by atoms with van der Waals surface area (Å²) in [7, 11) is 0. The summed E-state index contributed by atoms with van der Waals surface area (Å²) in [6, 6.07) is 13.6. The molecule has 29 heavy (non-hydrogen) atoms. The average Bonchev–Trinajstić information content (AvgIpc) is 2.95. The van der Waals surface area contributed by atoms with E-state index in [-0.39, 0.29) is 17.1 Å². The third kappa shape index (κ3) is 4.18. The highest BCUT2D eigenvalue weighted by Gasteiger charge is 2.22. The highest BCUT2D eigenvalue weighted by atomic mass is 16.6. The predicted molar refractivity (Wildman–Crippen MR) is 112 cm³/mol. The molecule has 0 fully saturated rings. The van der Waals surface area contributed by atoms with Gasteiger partial charge in [0.25, 0.3) is 11.6 Å². The molecule has 0 saturated heterocycles. The molecule has 0 aliphatic rings. The number of carbonyl (C=O) groups is 1. The Morgan fingerprint density at radius 1 is 1.07 bits per heavy atom. The van der Waals surface area contributed by atoms with Gasteiger partial charge in [-0.2, -0.15) is 5.10 Å². The zero-order valence-corrected chi connectivity index (χ0v) is 17.2. The van der Waals surface area contributed by atoms with Gasteiger partial charge in [-0.15, -0.1) is 0 Å². The van der Waals surface area contributed by atoms with Gasteiger partial charge in [-0.05, 0) is 58.4 Å². The second-order valence-corrected chi connectivity index (χ2v) is 7.99. The van der Waals surface area contributed by atoms with Crippen molar-refractivity contribution in [2.45, 2.75) is 40.2 Å². The molecule has 150 valence electrons. The molecular formula is C22H24N4O3. The molecule has 7 heteroatoms. The lowest BCUT2D eigenvalue weighted by Gasteiger charge is -2.21. The highest BCUT2D eigenvalue weighted by molar-refractivity contribution is 6.01. The van der Waals surface area contributed by atoms with E-state index in [4.69, 9.17) is 5.10 Å². The van der Waals surface area contributed by atoms with Gasteiger partial charge in [-0.3, -0.25) is 14.9 Å². The molecule has 7 nitrogen and oxygen atoms in total. The molecular weight excluding hydrogens is 368 g/mol. The number of hydrogen-bond donors (Lipinski definition) is 1. The molecule has 3 aromatic rings. The van der Waals surface area contributed by atoms with Gasteiger partial charge in [-0.25, -0.2) is 4.68 Å². The van der Waals surface area contributed by atoms with E-state index in [9.17, 15) is 14.9 Å².